The summed E-state index contributed by atoms with van der Waals surface area (Å²) in [7, 11) is 1.44. The van der Waals surface area contributed by atoms with Crippen LogP contribution in [0.2, 0.25) is 0 Å². The maximum absolute atomic E-state index is 11.6. The summed E-state index contributed by atoms with van der Waals surface area (Å²) < 4.78 is 4.81. The van der Waals surface area contributed by atoms with Gasteiger partial charge in [-0.2, -0.15) is 0 Å². The van der Waals surface area contributed by atoms with Crippen LogP contribution in [-0.2, 0) is 9.53 Å². The minimum atomic E-state index is -0.127. The Kier molecular flexibility index (Phi) is 4.02. The maximum atomic E-state index is 11.6. The molecule has 2 heterocycles. The Hall–Kier alpha value is -1.65. The Balaban J connectivity index is 2.17. The molecule has 1 aliphatic heterocycles. The van der Waals surface area contributed by atoms with Crippen LogP contribution < -0.4 is 4.90 Å². The van der Waals surface area contributed by atoms with E-state index in [1.807, 2.05) is 13.0 Å². The van der Waals surface area contributed by atoms with Crippen LogP contribution in [0.5, 0.6) is 0 Å². The predicted octanol–water partition coefficient (Wildman–Crippen LogP) is 1.91. The topological polar surface area (TPSA) is 55.3 Å². The van der Waals surface area contributed by atoms with E-state index < -0.39 is 0 Å². The molecule has 104 valence electrons. The highest BCUT2D eigenvalue weighted by Crippen LogP contribution is 2.24. The van der Waals surface area contributed by atoms with Crippen molar-refractivity contribution >= 4 is 11.8 Å². The molecule has 1 fully saturated rings. The highest BCUT2D eigenvalue weighted by atomic mass is 16.5. The molecule has 1 aliphatic rings. The molecule has 2 rings (SSSR count). The van der Waals surface area contributed by atoms with Crippen LogP contribution in [0.3, 0.4) is 0 Å². The van der Waals surface area contributed by atoms with Crippen LogP contribution in [-0.4, -0.2) is 36.1 Å². The fourth-order valence-electron chi connectivity index (χ4n) is 2.32. The number of rotatable bonds is 3. The standard InChI is InChI=1S/C14H21N3O2/c1-9(2)13-15-10(3)7-12(16-13)17-6-5-11(8-17)14(18)19-4/h7,9,11H,5-6,8H2,1-4H3. The van der Waals surface area contributed by atoms with Gasteiger partial charge >= 0.3 is 5.97 Å². The molecule has 5 heteroatoms. The van der Waals surface area contributed by atoms with Gasteiger partial charge in [-0.3, -0.25) is 4.79 Å². The molecule has 1 saturated heterocycles. The van der Waals surface area contributed by atoms with Gasteiger partial charge in [0, 0.05) is 30.8 Å². The third-order valence-electron chi connectivity index (χ3n) is 3.42. The Labute approximate surface area is 114 Å². The van der Waals surface area contributed by atoms with Crippen molar-refractivity contribution in [3.05, 3.63) is 17.6 Å². The Morgan fingerprint density at radius 2 is 2.21 bits per heavy atom. The number of methoxy groups -OCH3 is 1. The van der Waals surface area contributed by atoms with Crippen molar-refractivity contribution in [3.63, 3.8) is 0 Å². The molecule has 0 aromatic carbocycles. The smallest absolute Gasteiger partial charge is 0.310 e. The first-order valence-electron chi connectivity index (χ1n) is 6.69. The number of anilines is 1. The van der Waals surface area contributed by atoms with E-state index in [9.17, 15) is 4.79 Å². The van der Waals surface area contributed by atoms with Crippen molar-refractivity contribution in [2.24, 2.45) is 5.92 Å². The lowest BCUT2D eigenvalue weighted by atomic mass is 10.1. The zero-order valence-electron chi connectivity index (χ0n) is 12.0. The van der Waals surface area contributed by atoms with Gasteiger partial charge < -0.3 is 9.64 Å². The minimum absolute atomic E-state index is 0.0391. The number of carbonyl (C=O) groups is 1. The molecule has 19 heavy (non-hydrogen) atoms. The van der Waals surface area contributed by atoms with Crippen molar-refractivity contribution in [2.45, 2.75) is 33.1 Å². The second-order valence-electron chi connectivity index (χ2n) is 5.34. The molecule has 1 atom stereocenters. The lowest BCUT2D eigenvalue weighted by Crippen LogP contribution is -2.25. The van der Waals surface area contributed by atoms with Gasteiger partial charge in [0.05, 0.1) is 13.0 Å². The normalized spacial score (nSPS) is 19.0. The molecule has 5 nitrogen and oxygen atoms in total. The highest BCUT2D eigenvalue weighted by Gasteiger charge is 2.30. The van der Waals surface area contributed by atoms with Gasteiger partial charge in [0.15, 0.2) is 0 Å². The van der Waals surface area contributed by atoms with E-state index in [1.165, 1.54) is 7.11 Å². The maximum Gasteiger partial charge on any atom is 0.310 e. The Bertz CT molecular complexity index is 474. The molecule has 0 N–H and O–H groups in total. The summed E-state index contributed by atoms with van der Waals surface area (Å²) in [5, 5.41) is 0. The first kappa shape index (κ1) is 13.8. The molecular formula is C14H21N3O2. The van der Waals surface area contributed by atoms with Crippen molar-refractivity contribution in [1.82, 2.24) is 9.97 Å². The third-order valence-corrected chi connectivity index (χ3v) is 3.42. The summed E-state index contributed by atoms with van der Waals surface area (Å²) in [4.78, 5) is 22.7. The molecule has 0 radical (unpaired) electrons. The molecule has 0 amide bonds. The molecule has 1 aromatic rings. The largest absolute Gasteiger partial charge is 0.469 e. The van der Waals surface area contributed by atoms with E-state index in [2.05, 4.69) is 28.7 Å². The van der Waals surface area contributed by atoms with Crippen LogP contribution in [0.4, 0.5) is 5.82 Å². The average Bonchev–Trinajstić information content (AvgIpc) is 2.86. The molecule has 0 aliphatic carbocycles. The average molecular weight is 263 g/mol. The van der Waals surface area contributed by atoms with Crippen LogP contribution in [0, 0.1) is 12.8 Å². The van der Waals surface area contributed by atoms with E-state index in [-0.39, 0.29) is 11.9 Å². The van der Waals surface area contributed by atoms with Gasteiger partial charge in [0.25, 0.3) is 0 Å². The highest BCUT2D eigenvalue weighted by molar-refractivity contribution is 5.74. The van der Waals surface area contributed by atoms with Gasteiger partial charge in [0.1, 0.15) is 11.6 Å². The van der Waals surface area contributed by atoms with Gasteiger partial charge in [0.2, 0.25) is 0 Å². The quantitative estimate of drug-likeness (QED) is 0.780. The number of nitrogens with zero attached hydrogens (tertiary/aromatic N) is 3. The first-order valence-corrected chi connectivity index (χ1v) is 6.69. The van der Waals surface area contributed by atoms with Crippen LogP contribution in [0.15, 0.2) is 6.07 Å². The lowest BCUT2D eigenvalue weighted by molar-refractivity contribution is -0.144. The van der Waals surface area contributed by atoms with Crippen molar-refractivity contribution in [2.75, 3.05) is 25.1 Å². The Morgan fingerprint density at radius 1 is 1.47 bits per heavy atom. The number of hydrogen-bond donors (Lipinski definition) is 0. The van der Waals surface area contributed by atoms with Crippen molar-refractivity contribution in [3.8, 4) is 0 Å². The lowest BCUT2D eigenvalue weighted by Gasteiger charge is -2.19. The zero-order chi connectivity index (χ0) is 14.0. The van der Waals surface area contributed by atoms with E-state index in [0.717, 1.165) is 30.3 Å². The number of ether oxygens (including phenoxy) is 1. The first-order chi connectivity index (χ1) is 9.01. The number of aromatic nitrogens is 2. The van der Waals surface area contributed by atoms with Crippen LogP contribution in [0.25, 0.3) is 0 Å². The molecule has 0 saturated carbocycles. The summed E-state index contributed by atoms with van der Waals surface area (Å²) >= 11 is 0. The van der Waals surface area contributed by atoms with Gasteiger partial charge in [-0.05, 0) is 13.3 Å². The Morgan fingerprint density at radius 3 is 2.84 bits per heavy atom. The van der Waals surface area contributed by atoms with E-state index in [4.69, 9.17) is 4.74 Å². The fraction of sp³-hybridized carbons (Fsp3) is 0.643. The minimum Gasteiger partial charge on any atom is -0.469 e. The van der Waals surface area contributed by atoms with Gasteiger partial charge in [-0.25, -0.2) is 9.97 Å². The van der Waals surface area contributed by atoms with Crippen LogP contribution >= 0.6 is 0 Å². The second-order valence-corrected chi connectivity index (χ2v) is 5.34. The van der Waals surface area contributed by atoms with Crippen molar-refractivity contribution < 1.29 is 9.53 Å². The number of aryl methyl sites for hydroxylation is 1. The summed E-state index contributed by atoms with van der Waals surface area (Å²) in [5.74, 6) is 1.91. The monoisotopic (exact) mass is 263 g/mol. The number of esters is 1. The summed E-state index contributed by atoms with van der Waals surface area (Å²) in [6.45, 7) is 7.67. The second kappa shape index (κ2) is 5.55. The molecule has 0 bridgehead atoms. The SMILES string of the molecule is COC(=O)C1CCN(c2cc(C)nc(C(C)C)n2)C1. The van der Waals surface area contributed by atoms with Gasteiger partial charge in [-0.15, -0.1) is 0 Å². The van der Waals surface area contributed by atoms with E-state index >= 15 is 0 Å². The fourth-order valence-corrected chi connectivity index (χ4v) is 2.32. The predicted molar refractivity (Wildman–Crippen MR) is 73.2 cm³/mol. The van der Waals surface area contributed by atoms with E-state index in [1.54, 1.807) is 0 Å². The summed E-state index contributed by atoms with van der Waals surface area (Å²) in [6, 6.07) is 1.98. The molecule has 0 spiro atoms. The molecular weight excluding hydrogens is 242 g/mol. The molecule has 1 aromatic heterocycles. The van der Waals surface area contributed by atoms with Crippen molar-refractivity contribution in [1.29, 1.82) is 0 Å². The van der Waals surface area contributed by atoms with Gasteiger partial charge in [-0.1, -0.05) is 13.8 Å². The third kappa shape index (κ3) is 3.03. The van der Waals surface area contributed by atoms with E-state index in [0.29, 0.717) is 12.5 Å². The zero-order valence-corrected chi connectivity index (χ0v) is 12.0. The summed E-state index contributed by atoms with van der Waals surface area (Å²) in [6.07, 6.45) is 0.826. The number of hydrogen-bond acceptors (Lipinski definition) is 5. The molecule has 1 unspecified atom stereocenters. The summed E-state index contributed by atoms with van der Waals surface area (Å²) in [5.41, 5.74) is 0.968. The number of carbonyl (C=O) groups excluding carboxylic acids is 1. The van der Waals surface area contributed by atoms with Crippen LogP contribution in [0.1, 0.15) is 37.7 Å².